The summed E-state index contributed by atoms with van der Waals surface area (Å²) < 4.78 is 2.77. The largest absolute Gasteiger partial charge is 0.338 e. The summed E-state index contributed by atoms with van der Waals surface area (Å²) >= 11 is 3.49. The molecular formula is C18H26BrN3O. The van der Waals surface area contributed by atoms with Crippen molar-refractivity contribution in [2.75, 3.05) is 7.05 Å². The predicted molar refractivity (Wildman–Crippen MR) is 93.0 cm³/mol. The van der Waals surface area contributed by atoms with Crippen molar-refractivity contribution < 1.29 is 4.79 Å². The van der Waals surface area contributed by atoms with E-state index in [1.165, 1.54) is 38.5 Å². The number of amides is 1. The third kappa shape index (κ3) is 2.46. The Morgan fingerprint density at radius 1 is 1.30 bits per heavy atom. The first-order valence-corrected chi connectivity index (χ1v) is 9.66. The van der Waals surface area contributed by atoms with Crippen molar-refractivity contribution in [3.8, 4) is 0 Å². The monoisotopic (exact) mass is 379 g/mol. The molecule has 0 spiro atoms. The molecule has 4 aliphatic rings. The van der Waals surface area contributed by atoms with Crippen molar-refractivity contribution in [1.82, 2.24) is 14.7 Å². The van der Waals surface area contributed by atoms with E-state index in [2.05, 4.69) is 25.9 Å². The summed E-state index contributed by atoms with van der Waals surface area (Å²) in [7, 11) is 2.04. The highest BCUT2D eigenvalue weighted by Crippen LogP contribution is 2.57. The molecule has 23 heavy (non-hydrogen) atoms. The Hall–Kier alpha value is -0.840. The van der Waals surface area contributed by atoms with E-state index < -0.39 is 0 Å². The first-order valence-electron chi connectivity index (χ1n) is 8.87. The normalized spacial score (nSPS) is 36.3. The zero-order valence-electron chi connectivity index (χ0n) is 14.3. The number of likely N-dealkylation sites (N-methyl/N-ethyl adjacent to an activating group) is 1. The van der Waals surface area contributed by atoms with Gasteiger partial charge in [0.1, 0.15) is 6.04 Å². The van der Waals surface area contributed by atoms with Gasteiger partial charge in [-0.05, 0) is 86.1 Å². The minimum atomic E-state index is -0.238. The second-order valence-electron chi connectivity index (χ2n) is 8.26. The Bertz CT molecular complexity index is 583. The molecule has 4 nitrogen and oxygen atoms in total. The molecule has 5 heteroatoms. The summed E-state index contributed by atoms with van der Waals surface area (Å²) in [4.78, 5) is 15.2. The fourth-order valence-corrected chi connectivity index (χ4v) is 6.05. The number of carbonyl (C=O) groups is 1. The molecule has 0 aliphatic heterocycles. The van der Waals surface area contributed by atoms with Crippen molar-refractivity contribution in [2.45, 2.75) is 64.0 Å². The third-order valence-electron chi connectivity index (χ3n) is 6.66. The minimum Gasteiger partial charge on any atom is -0.338 e. The van der Waals surface area contributed by atoms with Gasteiger partial charge in [-0.1, -0.05) is 0 Å². The summed E-state index contributed by atoms with van der Waals surface area (Å²) in [5.74, 6) is 2.77. The average molecular weight is 380 g/mol. The second-order valence-corrected chi connectivity index (χ2v) is 9.11. The van der Waals surface area contributed by atoms with Crippen LogP contribution in [0, 0.1) is 24.7 Å². The van der Waals surface area contributed by atoms with E-state index in [-0.39, 0.29) is 17.5 Å². The lowest BCUT2D eigenvalue weighted by Crippen LogP contribution is -2.61. The quantitative estimate of drug-likeness (QED) is 0.797. The molecule has 0 aromatic carbocycles. The molecule has 1 unspecified atom stereocenters. The van der Waals surface area contributed by atoms with Gasteiger partial charge in [0.25, 0.3) is 0 Å². The molecule has 4 fully saturated rings. The number of rotatable bonds is 3. The lowest BCUT2D eigenvalue weighted by molar-refractivity contribution is -0.150. The van der Waals surface area contributed by atoms with Crippen LogP contribution in [0.15, 0.2) is 10.7 Å². The van der Waals surface area contributed by atoms with Crippen LogP contribution in [-0.2, 0) is 4.79 Å². The number of hydrogen-bond donors (Lipinski definition) is 0. The maximum Gasteiger partial charge on any atom is 0.247 e. The van der Waals surface area contributed by atoms with Crippen LogP contribution in [0.2, 0.25) is 0 Å². The van der Waals surface area contributed by atoms with Crippen LogP contribution in [0.5, 0.6) is 0 Å². The first kappa shape index (κ1) is 15.7. The van der Waals surface area contributed by atoms with Crippen molar-refractivity contribution >= 4 is 21.8 Å². The van der Waals surface area contributed by atoms with E-state index in [0.29, 0.717) is 0 Å². The van der Waals surface area contributed by atoms with Crippen molar-refractivity contribution in [1.29, 1.82) is 0 Å². The van der Waals surface area contributed by atoms with Gasteiger partial charge in [-0.15, -0.1) is 0 Å². The minimum absolute atomic E-state index is 0.125. The van der Waals surface area contributed by atoms with Crippen LogP contribution in [0.25, 0.3) is 0 Å². The van der Waals surface area contributed by atoms with E-state index in [1.54, 1.807) is 4.68 Å². The van der Waals surface area contributed by atoms with Gasteiger partial charge >= 0.3 is 0 Å². The lowest BCUT2D eigenvalue weighted by Gasteiger charge is -2.60. The number of halogens is 1. The summed E-state index contributed by atoms with van der Waals surface area (Å²) in [5, 5.41) is 4.48. The Morgan fingerprint density at radius 2 is 1.83 bits per heavy atom. The standard InChI is InChI=1S/C18H26BrN3O/c1-11-16(19)10-22(20-11)12(2)17(23)21(3)18-7-13-4-14(8-18)6-15(5-13)9-18/h10,12-15H,4-9H2,1-3H3. The number of hydrogen-bond acceptors (Lipinski definition) is 2. The van der Waals surface area contributed by atoms with Gasteiger partial charge in [-0.25, -0.2) is 0 Å². The summed E-state index contributed by atoms with van der Waals surface area (Å²) in [6.07, 6.45) is 9.79. The van der Waals surface area contributed by atoms with Crippen LogP contribution < -0.4 is 0 Å². The van der Waals surface area contributed by atoms with Crippen LogP contribution in [0.3, 0.4) is 0 Å². The molecule has 1 aromatic heterocycles. The Kier molecular flexibility index (Phi) is 3.63. The lowest BCUT2D eigenvalue weighted by atomic mass is 9.52. The van der Waals surface area contributed by atoms with E-state index >= 15 is 0 Å². The van der Waals surface area contributed by atoms with Gasteiger partial charge < -0.3 is 4.90 Å². The molecule has 1 aromatic rings. The predicted octanol–water partition coefficient (Wildman–Crippen LogP) is 3.94. The molecular weight excluding hydrogens is 354 g/mol. The number of nitrogens with zero attached hydrogens (tertiary/aromatic N) is 3. The van der Waals surface area contributed by atoms with Crippen molar-refractivity contribution in [3.63, 3.8) is 0 Å². The average Bonchev–Trinajstić information content (AvgIpc) is 2.83. The van der Waals surface area contributed by atoms with Gasteiger partial charge in [0, 0.05) is 18.8 Å². The molecule has 0 saturated heterocycles. The second kappa shape index (κ2) is 5.33. The smallest absolute Gasteiger partial charge is 0.247 e. The highest BCUT2D eigenvalue weighted by molar-refractivity contribution is 9.10. The molecule has 4 bridgehead atoms. The topological polar surface area (TPSA) is 38.1 Å². The number of carbonyl (C=O) groups excluding carboxylic acids is 1. The Morgan fingerprint density at radius 3 is 2.26 bits per heavy atom. The molecule has 1 heterocycles. The summed E-state index contributed by atoms with van der Waals surface area (Å²) in [5.41, 5.74) is 1.06. The third-order valence-corrected chi connectivity index (χ3v) is 7.44. The first-order chi connectivity index (χ1) is 10.9. The maximum absolute atomic E-state index is 13.1. The molecule has 126 valence electrons. The van der Waals surface area contributed by atoms with E-state index in [9.17, 15) is 4.79 Å². The molecule has 4 aliphatic carbocycles. The molecule has 1 amide bonds. The van der Waals surface area contributed by atoms with E-state index in [4.69, 9.17) is 0 Å². The molecule has 1 atom stereocenters. The van der Waals surface area contributed by atoms with Crippen LogP contribution in [0.1, 0.15) is 57.2 Å². The van der Waals surface area contributed by atoms with Crippen LogP contribution in [0.4, 0.5) is 0 Å². The zero-order valence-corrected chi connectivity index (χ0v) is 15.8. The van der Waals surface area contributed by atoms with Gasteiger partial charge in [-0.3, -0.25) is 9.48 Å². The zero-order chi connectivity index (χ0) is 16.4. The summed E-state index contributed by atoms with van der Waals surface area (Å²) in [6, 6.07) is -0.238. The number of aryl methyl sites for hydroxylation is 1. The van der Waals surface area contributed by atoms with Crippen LogP contribution in [-0.4, -0.2) is 33.2 Å². The highest BCUT2D eigenvalue weighted by Gasteiger charge is 2.54. The van der Waals surface area contributed by atoms with Crippen molar-refractivity contribution in [2.24, 2.45) is 17.8 Å². The van der Waals surface area contributed by atoms with Gasteiger partial charge in [0.15, 0.2) is 0 Å². The van der Waals surface area contributed by atoms with E-state index in [1.807, 2.05) is 27.1 Å². The number of aromatic nitrogens is 2. The SMILES string of the molecule is Cc1nn(C(C)C(=O)N(C)C23CC4CC(CC(C4)C2)C3)cc1Br. The molecule has 4 saturated carbocycles. The van der Waals surface area contributed by atoms with Gasteiger partial charge in [0.2, 0.25) is 5.91 Å². The van der Waals surface area contributed by atoms with Crippen LogP contribution >= 0.6 is 15.9 Å². The van der Waals surface area contributed by atoms with E-state index in [0.717, 1.165) is 27.9 Å². The molecule has 5 rings (SSSR count). The fourth-order valence-electron chi connectivity index (χ4n) is 5.76. The summed E-state index contributed by atoms with van der Waals surface area (Å²) in [6.45, 7) is 3.93. The van der Waals surface area contributed by atoms with Gasteiger partial charge in [-0.2, -0.15) is 5.10 Å². The van der Waals surface area contributed by atoms with Crippen molar-refractivity contribution in [3.05, 3.63) is 16.4 Å². The Balaban J connectivity index is 1.56. The molecule has 0 radical (unpaired) electrons. The molecule has 0 N–H and O–H groups in total. The van der Waals surface area contributed by atoms with Gasteiger partial charge in [0.05, 0.1) is 10.2 Å². The highest BCUT2D eigenvalue weighted by atomic mass is 79.9. The fraction of sp³-hybridized carbons (Fsp3) is 0.778. The Labute approximate surface area is 146 Å². The maximum atomic E-state index is 13.1.